The lowest BCUT2D eigenvalue weighted by molar-refractivity contribution is -0.143. The molecule has 0 bridgehead atoms. The third-order valence-corrected chi connectivity index (χ3v) is 21.4. The Balaban J connectivity index is 2.16. The van der Waals surface area contributed by atoms with E-state index >= 15 is 0 Å². The van der Waals surface area contributed by atoms with Gasteiger partial charge in [0.1, 0.15) is 0 Å². The molecule has 2 aliphatic rings. The van der Waals surface area contributed by atoms with E-state index in [1.165, 1.54) is 24.8 Å². The fraction of sp³-hybridized carbons (Fsp3) is 0.816. The Kier molecular flexibility index (Phi) is 13.2. The molecule has 0 spiro atoms. The lowest BCUT2D eigenvalue weighted by atomic mass is 9.63. The summed E-state index contributed by atoms with van der Waals surface area (Å²) in [4.78, 5) is 11.7. The van der Waals surface area contributed by atoms with Crippen molar-refractivity contribution in [2.75, 3.05) is 6.61 Å². The normalized spacial score (nSPS) is 27.8. The lowest BCUT2D eigenvalue weighted by Gasteiger charge is -2.45. The van der Waals surface area contributed by atoms with Gasteiger partial charge in [-0.2, -0.15) is 0 Å². The molecule has 0 saturated heterocycles. The lowest BCUT2D eigenvalue weighted by Crippen LogP contribution is -2.49. The number of allylic oxidation sites excluding steroid dienone is 3. The summed E-state index contributed by atoms with van der Waals surface area (Å²) in [6, 6.07) is 0. The second kappa shape index (κ2) is 14.9. The summed E-state index contributed by atoms with van der Waals surface area (Å²) in [5.41, 5.74) is 2.95. The van der Waals surface area contributed by atoms with Gasteiger partial charge in [-0.05, 0) is 110 Å². The number of carbonyl (C=O) groups excluding carboxylic acids is 1. The Morgan fingerprint density at radius 2 is 1.57 bits per heavy atom. The van der Waals surface area contributed by atoms with Gasteiger partial charge in [0.2, 0.25) is 0 Å². The molecular formula is C38H70O4Si2. The minimum absolute atomic E-state index is 0.00919. The first kappa shape index (κ1) is 39.2. The maximum atomic E-state index is 11.7. The molecule has 0 unspecified atom stereocenters. The van der Waals surface area contributed by atoms with Crippen molar-refractivity contribution in [2.45, 2.75) is 175 Å². The van der Waals surface area contributed by atoms with Crippen LogP contribution in [0, 0.1) is 16.7 Å². The van der Waals surface area contributed by atoms with Crippen molar-refractivity contribution in [1.82, 2.24) is 0 Å². The average molecular weight is 647 g/mol. The van der Waals surface area contributed by atoms with Crippen molar-refractivity contribution in [3.8, 4) is 0 Å². The first-order valence-corrected chi connectivity index (χ1v) is 23.4. The molecule has 4 nitrogen and oxygen atoms in total. The van der Waals surface area contributed by atoms with E-state index in [1.54, 1.807) is 0 Å². The number of esters is 1. The third-order valence-electron chi connectivity index (χ3n) is 12.3. The molecule has 2 fully saturated rings. The number of hydrogen-bond donors (Lipinski definition) is 0. The van der Waals surface area contributed by atoms with Crippen molar-refractivity contribution in [3.05, 3.63) is 36.0 Å². The van der Waals surface area contributed by atoms with Crippen LogP contribution in [-0.4, -0.2) is 41.4 Å². The van der Waals surface area contributed by atoms with Crippen molar-refractivity contribution >= 4 is 22.6 Å². The average Bonchev–Trinajstić information content (AvgIpc) is 3.08. The summed E-state index contributed by atoms with van der Waals surface area (Å²) in [6.45, 7) is 37.7. The molecule has 0 amide bonds. The van der Waals surface area contributed by atoms with Crippen molar-refractivity contribution < 1.29 is 18.4 Å². The van der Waals surface area contributed by atoms with Crippen LogP contribution in [0.4, 0.5) is 0 Å². The summed E-state index contributed by atoms with van der Waals surface area (Å²) in [5, 5.41) is 0.315. The highest BCUT2D eigenvalue weighted by molar-refractivity contribution is 6.74. The molecule has 4 atom stereocenters. The Labute approximate surface area is 275 Å². The van der Waals surface area contributed by atoms with Crippen LogP contribution in [0.5, 0.6) is 0 Å². The van der Waals surface area contributed by atoms with E-state index in [0.29, 0.717) is 18.9 Å². The van der Waals surface area contributed by atoms with Gasteiger partial charge in [-0.1, -0.05) is 93.5 Å². The summed E-state index contributed by atoms with van der Waals surface area (Å²) in [6.07, 6.45) is 16.3. The molecule has 44 heavy (non-hydrogen) atoms. The van der Waals surface area contributed by atoms with Crippen LogP contribution in [-0.2, 0) is 18.4 Å². The maximum absolute atomic E-state index is 11.7. The summed E-state index contributed by atoms with van der Waals surface area (Å²) in [7, 11) is -3.89. The van der Waals surface area contributed by atoms with Gasteiger partial charge in [0.15, 0.2) is 16.6 Å². The van der Waals surface area contributed by atoms with Crippen molar-refractivity contribution in [3.63, 3.8) is 0 Å². The predicted molar refractivity (Wildman–Crippen MR) is 194 cm³/mol. The predicted octanol–water partition coefficient (Wildman–Crippen LogP) is 11.6. The fourth-order valence-corrected chi connectivity index (χ4v) is 9.17. The maximum Gasteiger partial charge on any atom is 0.305 e. The zero-order valence-electron chi connectivity index (χ0n) is 31.4. The minimum atomic E-state index is -1.97. The van der Waals surface area contributed by atoms with E-state index < -0.39 is 16.6 Å². The smallest absolute Gasteiger partial charge is 0.305 e. The van der Waals surface area contributed by atoms with Crippen molar-refractivity contribution in [2.24, 2.45) is 16.7 Å². The number of carbonyl (C=O) groups is 1. The molecule has 0 aromatic heterocycles. The second-order valence-corrected chi connectivity index (χ2v) is 27.2. The van der Waals surface area contributed by atoms with Crippen molar-refractivity contribution in [1.29, 1.82) is 0 Å². The topological polar surface area (TPSA) is 44.8 Å². The first-order chi connectivity index (χ1) is 20.0. The highest BCUT2D eigenvalue weighted by Crippen LogP contribution is 2.59. The molecule has 2 rings (SSSR count). The number of rotatable bonds is 13. The van der Waals surface area contributed by atoms with Crippen LogP contribution in [0.25, 0.3) is 0 Å². The Morgan fingerprint density at radius 1 is 0.977 bits per heavy atom. The third kappa shape index (κ3) is 9.78. The molecule has 6 heteroatoms. The van der Waals surface area contributed by atoms with E-state index in [9.17, 15) is 4.79 Å². The molecule has 2 saturated carbocycles. The Morgan fingerprint density at radius 3 is 2.14 bits per heavy atom. The van der Waals surface area contributed by atoms with Gasteiger partial charge in [0.05, 0.1) is 18.8 Å². The van der Waals surface area contributed by atoms with Crippen LogP contribution >= 0.6 is 0 Å². The van der Waals surface area contributed by atoms with Gasteiger partial charge in [-0.3, -0.25) is 4.79 Å². The van der Waals surface area contributed by atoms with E-state index in [4.69, 9.17) is 13.6 Å². The zero-order chi connectivity index (χ0) is 33.8. The molecule has 0 N–H and O–H groups in total. The SMILES string of the molecule is C=C1/C(=C\C=C\C[C@]2(C)CC[C@H](CCCCC(=O)OCC)C2(C)C)C[C@@H](O[Si](C)(C)C(C)(C)C)C[C@@H]1O[Si](C)(C)C(C)(C)C. The Hall–Kier alpha value is -0.956. The molecule has 0 aliphatic heterocycles. The van der Waals surface area contributed by atoms with E-state index in [0.717, 1.165) is 37.7 Å². The first-order valence-electron chi connectivity index (χ1n) is 17.5. The molecule has 254 valence electrons. The molecule has 0 heterocycles. The van der Waals surface area contributed by atoms with Gasteiger partial charge in [-0.15, -0.1) is 0 Å². The molecule has 0 radical (unpaired) electrons. The fourth-order valence-electron chi connectivity index (χ4n) is 6.50. The Bertz CT molecular complexity index is 1040. The number of ether oxygens (including phenoxy) is 1. The van der Waals surface area contributed by atoms with E-state index in [2.05, 4.69) is 113 Å². The van der Waals surface area contributed by atoms with Crippen LogP contribution in [0.15, 0.2) is 36.0 Å². The molecule has 2 aliphatic carbocycles. The van der Waals surface area contributed by atoms with Crippen LogP contribution in [0.2, 0.25) is 36.3 Å². The number of unbranched alkanes of at least 4 members (excludes halogenated alkanes) is 1. The standard InChI is InChI=1S/C38H70O4Si2/c1-16-40-34(39)23-18-17-22-31-24-26-38(11,37(31,9)10)25-20-19-21-30-27-32(41-43(12,13)35(3,4)5)28-33(29(30)2)42-44(14,15)36(6,7)8/h19-21,31-33H,2,16-18,22-28H2,1,3-15H3/b20-19+,30-21-/t31-,32+,33-,38+/m0/s1. The van der Waals surface area contributed by atoms with Gasteiger partial charge in [0, 0.05) is 12.8 Å². The van der Waals surface area contributed by atoms with Gasteiger partial charge < -0.3 is 13.6 Å². The van der Waals surface area contributed by atoms with Gasteiger partial charge >= 0.3 is 5.97 Å². The molecular weight excluding hydrogens is 577 g/mol. The van der Waals surface area contributed by atoms with Crippen LogP contribution in [0.1, 0.15) is 127 Å². The zero-order valence-corrected chi connectivity index (χ0v) is 33.4. The van der Waals surface area contributed by atoms with Gasteiger partial charge in [-0.25, -0.2) is 0 Å². The van der Waals surface area contributed by atoms with Crippen LogP contribution < -0.4 is 0 Å². The monoisotopic (exact) mass is 646 g/mol. The summed E-state index contributed by atoms with van der Waals surface area (Å²) >= 11 is 0. The van der Waals surface area contributed by atoms with E-state index in [-0.39, 0.29) is 39.1 Å². The molecule has 0 aromatic carbocycles. The highest BCUT2D eigenvalue weighted by atomic mass is 28.4. The summed E-state index contributed by atoms with van der Waals surface area (Å²) < 4.78 is 19.1. The number of hydrogen-bond acceptors (Lipinski definition) is 4. The quantitative estimate of drug-likeness (QED) is 0.113. The van der Waals surface area contributed by atoms with Gasteiger partial charge in [0.25, 0.3) is 0 Å². The minimum Gasteiger partial charge on any atom is -0.466 e. The van der Waals surface area contributed by atoms with E-state index in [1.807, 2.05) is 6.92 Å². The molecule has 0 aromatic rings. The highest BCUT2D eigenvalue weighted by Gasteiger charge is 2.50. The largest absolute Gasteiger partial charge is 0.466 e. The second-order valence-electron chi connectivity index (χ2n) is 17.7. The van der Waals surface area contributed by atoms with Crippen LogP contribution in [0.3, 0.4) is 0 Å². The summed E-state index contributed by atoms with van der Waals surface area (Å²) in [5.74, 6) is 0.639.